The van der Waals surface area contributed by atoms with E-state index in [0.29, 0.717) is 6.04 Å². The van der Waals surface area contributed by atoms with E-state index in [9.17, 15) is 0 Å². The van der Waals surface area contributed by atoms with Crippen molar-refractivity contribution in [3.05, 3.63) is 47.7 Å². The van der Waals surface area contributed by atoms with Gasteiger partial charge in [0.1, 0.15) is 5.65 Å². The van der Waals surface area contributed by atoms with Crippen LogP contribution in [0.15, 0.2) is 35.7 Å². The SMILES string of the molecule is Cc1nc(SCc2cn3ccccc3n2)n(C2CCCCC2)c1C. The van der Waals surface area contributed by atoms with E-state index in [1.807, 2.05) is 36.2 Å². The number of rotatable bonds is 4. The number of nitrogens with zero attached hydrogens (tertiary/aromatic N) is 4. The summed E-state index contributed by atoms with van der Waals surface area (Å²) in [6, 6.07) is 6.74. The van der Waals surface area contributed by atoms with Gasteiger partial charge in [-0.3, -0.25) is 0 Å². The summed E-state index contributed by atoms with van der Waals surface area (Å²) in [5, 5.41) is 1.16. The first-order valence-electron chi connectivity index (χ1n) is 8.83. The number of aromatic nitrogens is 4. The Morgan fingerprint density at radius 2 is 1.96 bits per heavy atom. The second kappa shape index (κ2) is 6.63. The van der Waals surface area contributed by atoms with Gasteiger partial charge in [0, 0.05) is 29.9 Å². The summed E-state index contributed by atoms with van der Waals surface area (Å²) < 4.78 is 4.58. The van der Waals surface area contributed by atoms with Crippen LogP contribution in [0.1, 0.15) is 55.2 Å². The van der Waals surface area contributed by atoms with Crippen molar-refractivity contribution in [1.82, 2.24) is 18.9 Å². The molecule has 0 unspecified atom stereocenters. The number of thioether (sulfide) groups is 1. The minimum atomic E-state index is 0.628. The third-order valence-corrected chi connectivity index (χ3v) is 6.04. The molecular formula is C19H24N4S. The number of pyridine rings is 1. The highest BCUT2D eigenvalue weighted by atomic mass is 32.2. The third-order valence-electron chi connectivity index (χ3n) is 5.06. The van der Waals surface area contributed by atoms with Gasteiger partial charge in [0.25, 0.3) is 0 Å². The van der Waals surface area contributed by atoms with Crippen LogP contribution in [0, 0.1) is 13.8 Å². The van der Waals surface area contributed by atoms with Gasteiger partial charge in [-0.1, -0.05) is 37.1 Å². The Morgan fingerprint density at radius 3 is 2.75 bits per heavy atom. The maximum Gasteiger partial charge on any atom is 0.169 e. The Morgan fingerprint density at radius 1 is 1.12 bits per heavy atom. The van der Waals surface area contributed by atoms with Crippen molar-refractivity contribution >= 4 is 17.4 Å². The maximum atomic E-state index is 4.85. The third kappa shape index (κ3) is 2.97. The van der Waals surface area contributed by atoms with E-state index in [1.54, 1.807) is 0 Å². The molecule has 0 bridgehead atoms. The lowest BCUT2D eigenvalue weighted by atomic mass is 9.95. The summed E-state index contributed by atoms with van der Waals surface area (Å²) >= 11 is 1.82. The van der Waals surface area contributed by atoms with Crippen LogP contribution < -0.4 is 0 Å². The van der Waals surface area contributed by atoms with E-state index in [0.717, 1.165) is 27.9 Å². The molecule has 0 spiro atoms. The minimum absolute atomic E-state index is 0.628. The molecule has 3 aromatic heterocycles. The zero-order valence-corrected chi connectivity index (χ0v) is 15.2. The standard InChI is InChI=1S/C19H24N4S/c1-14-15(2)23(17-8-4-3-5-9-17)19(20-14)24-13-16-12-22-11-7-6-10-18(22)21-16/h6-7,10-12,17H,3-5,8-9,13H2,1-2H3. The van der Waals surface area contributed by atoms with Crippen molar-refractivity contribution in [2.24, 2.45) is 0 Å². The topological polar surface area (TPSA) is 35.1 Å². The molecular weight excluding hydrogens is 316 g/mol. The molecule has 126 valence electrons. The Bertz CT molecular complexity index is 809. The Balaban J connectivity index is 1.56. The summed E-state index contributed by atoms with van der Waals surface area (Å²) in [6.45, 7) is 4.34. The van der Waals surface area contributed by atoms with Crippen molar-refractivity contribution in [3.63, 3.8) is 0 Å². The highest BCUT2D eigenvalue weighted by Gasteiger charge is 2.22. The van der Waals surface area contributed by atoms with Gasteiger partial charge in [0.2, 0.25) is 0 Å². The zero-order chi connectivity index (χ0) is 16.5. The van der Waals surface area contributed by atoms with E-state index < -0.39 is 0 Å². The molecule has 1 aliphatic carbocycles. The lowest BCUT2D eigenvalue weighted by Crippen LogP contribution is -2.15. The number of hydrogen-bond acceptors (Lipinski definition) is 3. The van der Waals surface area contributed by atoms with Crippen molar-refractivity contribution < 1.29 is 0 Å². The van der Waals surface area contributed by atoms with Crippen LogP contribution in [0.3, 0.4) is 0 Å². The van der Waals surface area contributed by atoms with E-state index in [-0.39, 0.29) is 0 Å². The largest absolute Gasteiger partial charge is 0.320 e. The smallest absolute Gasteiger partial charge is 0.169 e. The molecule has 0 amide bonds. The summed E-state index contributed by atoms with van der Waals surface area (Å²) in [5.74, 6) is 0.865. The zero-order valence-electron chi connectivity index (χ0n) is 14.4. The number of aryl methyl sites for hydroxylation is 1. The van der Waals surface area contributed by atoms with E-state index >= 15 is 0 Å². The summed E-state index contributed by atoms with van der Waals surface area (Å²) in [6.07, 6.45) is 10.8. The van der Waals surface area contributed by atoms with Crippen molar-refractivity contribution in [3.8, 4) is 0 Å². The Kier molecular flexibility index (Phi) is 4.35. The van der Waals surface area contributed by atoms with Crippen LogP contribution in [0.4, 0.5) is 0 Å². The van der Waals surface area contributed by atoms with Crippen LogP contribution in [-0.2, 0) is 5.75 Å². The fraction of sp³-hybridized carbons (Fsp3) is 0.474. The molecule has 24 heavy (non-hydrogen) atoms. The van der Waals surface area contributed by atoms with Gasteiger partial charge in [-0.05, 0) is 38.8 Å². The summed E-state index contributed by atoms with van der Waals surface area (Å²) in [7, 11) is 0. The van der Waals surface area contributed by atoms with Gasteiger partial charge >= 0.3 is 0 Å². The predicted octanol–water partition coefficient (Wildman–Crippen LogP) is 4.95. The molecule has 3 aromatic rings. The molecule has 0 saturated heterocycles. The number of fused-ring (bicyclic) bond motifs is 1. The first-order chi connectivity index (χ1) is 11.7. The second-order valence-corrected chi connectivity index (χ2v) is 7.66. The normalized spacial score (nSPS) is 16.1. The van der Waals surface area contributed by atoms with Gasteiger partial charge in [-0.15, -0.1) is 0 Å². The van der Waals surface area contributed by atoms with Gasteiger partial charge < -0.3 is 8.97 Å². The van der Waals surface area contributed by atoms with E-state index in [2.05, 4.69) is 29.0 Å². The Labute approximate surface area is 147 Å². The lowest BCUT2D eigenvalue weighted by molar-refractivity contribution is 0.332. The van der Waals surface area contributed by atoms with Crippen LogP contribution in [0.2, 0.25) is 0 Å². The van der Waals surface area contributed by atoms with Crippen LogP contribution in [-0.4, -0.2) is 18.9 Å². The first-order valence-corrected chi connectivity index (χ1v) is 9.82. The van der Waals surface area contributed by atoms with Crippen LogP contribution in [0.25, 0.3) is 5.65 Å². The summed E-state index contributed by atoms with van der Waals surface area (Å²) in [5.41, 5.74) is 4.62. The molecule has 0 aromatic carbocycles. The first kappa shape index (κ1) is 15.8. The van der Waals surface area contributed by atoms with Gasteiger partial charge in [-0.25, -0.2) is 9.97 Å². The monoisotopic (exact) mass is 340 g/mol. The van der Waals surface area contributed by atoms with E-state index in [4.69, 9.17) is 9.97 Å². The molecule has 1 aliphatic rings. The van der Waals surface area contributed by atoms with Crippen LogP contribution >= 0.6 is 11.8 Å². The molecule has 0 aliphatic heterocycles. The average Bonchev–Trinajstić information content (AvgIpc) is 3.15. The molecule has 0 N–H and O–H groups in total. The maximum absolute atomic E-state index is 4.85. The lowest BCUT2D eigenvalue weighted by Gasteiger charge is -2.26. The average molecular weight is 340 g/mol. The number of imidazole rings is 2. The van der Waals surface area contributed by atoms with Crippen molar-refractivity contribution in [1.29, 1.82) is 0 Å². The Hall–Kier alpha value is -1.75. The van der Waals surface area contributed by atoms with Gasteiger partial charge in [-0.2, -0.15) is 0 Å². The minimum Gasteiger partial charge on any atom is -0.320 e. The fourth-order valence-corrected chi connectivity index (χ4v) is 4.70. The van der Waals surface area contributed by atoms with Crippen molar-refractivity contribution in [2.75, 3.05) is 0 Å². The fourth-order valence-electron chi connectivity index (χ4n) is 3.66. The highest BCUT2D eigenvalue weighted by molar-refractivity contribution is 7.98. The molecule has 5 heteroatoms. The highest BCUT2D eigenvalue weighted by Crippen LogP contribution is 2.35. The second-order valence-electron chi connectivity index (χ2n) is 6.71. The molecule has 1 saturated carbocycles. The van der Waals surface area contributed by atoms with Crippen LogP contribution in [0.5, 0.6) is 0 Å². The van der Waals surface area contributed by atoms with Gasteiger partial charge in [0.15, 0.2) is 5.16 Å². The molecule has 0 atom stereocenters. The molecule has 4 nitrogen and oxygen atoms in total. The summed E-state index contributed by atoms with van der Waals surface area (Å²) in [4.78, 5) is 9.55. The molecule has 4 rings (SSSR count). The van der Waals surface area contributed by atoms with Crippen molar-refractivity contribution in [2.45, 2.75) is 62.9 Å². The molecule has 3 heterocycles. The van der Waals surface area contributed by atoms with Gasteiger partial charge in [0.05, 0.1) is 11.4 Å². The van der Waals surface area contributed by atoms with E-state index in [1.165, 1.54) is 37.8 Å². The number of hydrogen-bond donors (Lipinski definition) is 0. The molecule has 0 radical (unpaired) electrons. The molecule has 1 fully saturated rings. The quantitative estimate of drug-likeness (QED) is 0.631. The predicted molar refractivity (Wildman–Crippen MR) is 98.6 cm³/mol.